The Kier molecular flexibility index (Phi) is 4.99. The van der Waals surface area contributed by atoms with Gasteiger partial charge < -0.3 is 5.73 Å². The van der Waals surface area contributed by atoms with Crippen LogP contribution >= 0.6 is 22.9 Å². The molecule has 0 saturated heterocycles. The Labute approximate surface area is 123 Å². The molecule has 4 heteroatoms. The van der Waals surface area contributed by atoms with Gasteiger partial charge in [0.1, 0.15) is 0 Å². The molecule has 0 fully saturated rings. The molecule has 1 aromatic carbocycles. The monoisotopic (exact) mass is 294 g/mol. The number of nitrogens with zero attached hydrogens (tertiary/aromatic N) is 1. The van der Waals surface area contributed by atoms with E-state index in [1.54, 1.807) is 11.3 Å². The van der Waals surface area contributed by atoms with Crippen molar-refractivity contribution in [3.05, 3.63) is 57.2 Å². The molecular formula is C15H19ClN2S. The number of nitrogens with two attached hydrogens (primary N) is 1. The molecule has 2 rings (SSSR count). The Hall–Kier alpha value is -0.870. The first-order chi connectivity index (χ1) is 9.08. The highest BCUT2D eigenvalue weighted by atomic mass is 35.5. The molecule has 2 nitrogen and oxygen atoms in total. The SMILES string of the molecule is CC(N)C(c1cccs1)N(C)Cc1cccc(Cl)c1. The van der Waals surface area contributed by atoms with Crippen molar-refractivity contribution in [2.24, 2.45) is 5.73 Å². The van der Waals surface area contributed by atoms with Crippen LogP contribution in [0, 0.1) is 0 Å². The van der Waals surface area contributed by atoms with Gasteiger partial charge in [0.05, 0.1) is 6.04 Å². The fourth-order valence-electron chi connectivity index (χ4n) is 2.36. The molecule has 0 aliphatic heterocycles. The highest BCUT2D eigenvalue weighted by Gasteiger charge is 2.22. The molecule has 19 heavy (non-hydrogen) atoms. The molecule has 1 aromatic heterocycles. The molecule has 2 atom stereocenters. The molecule has 0 saturated carbocycles. The molecule has 102 valence electrons. The Morgan fingerprint density at radius 2 is 2.11 bits per heavy atom. The topological polar surface area (TPSA) is 29.3 Å². The van der Waals surface area contributed by atoms with E-state index in [0.29, 0.717) is 0 Å². The van der Waals surface area contributed by atoms with E-state index in [1.807, 2.05) is 18.2 Å². The summed E-state index contributed by atoms with van der Waals surface area (Å²) in [5, 5.41) is 2.87. The number of hydrogen-bond acceptors (Lipinski definition) is 3. The summed E-state index contributed by atoms with van der Waals surface area (Å²) < 4.78 is 0. The van der Waals surface area contributed by atoms with E-state index in [-0.39, 0.29) is 12.1 Å². The van der Waals surface area contributed by atoms with Crippen LogP contribution in [0.5, 0.6) is 0 Å². The number of rotatable bonds is 5. The third-order valence-electron chi connectivity index (χ3n) is 3.13. The van der Waals surface area contributed by atoms with Crippen molar-refractivity contribution in [1.29, 1.82) is 0 Å². The molecule has 0 aliphatic carbocycles. The summed E-state index contributed by atoms with van der Waals surface area (Å²) in [4.78, 5) is 3.59. The van der Waals surface area contributed by atoms with E-state index >= 15 is 0 Å². The maximum atomic E-state index is 6.15. The van der Waals surface area contributed by atoms with Gasteiger partial charge in [-0.25, -0.2) is 0 Å². The van der Waals surface area contributed by atoms with Gasteiger partial charge in [-0.15, -0.1) is 11.3 Å². The lowest BCUT2D eigenvalue weighted by atomic mass is 10.1. The lowest BCUT2D eigenvalue weighted by Crippen LogP contribution is -2.36. The summed E-state index contributed by atoms with van der Waals surface area (Å²) >= 11 is 7.78. The molecule has 0 radical (unpaired) electrons. The third-order valence-corrected chi connectivity index (χ3v) is 4.31. The van der Waals surface area contributed by atoms with Crippen LogP contribution in [0.15, 0.2) is 41.8 Å². The van der Waals surface area contributed by atoms with Gasteiger partial charge >= 0.3 is 0 Å². The smallest absolute Gasteiger partial charge is 0.0591 e. The average Bonchev–Trinajstić information content (AvgIpc) is 2.82. The summed E-state index contributed by atoms with van der Waals surface area (Å²) in [5.41, 5.74) is 7.36. The number of thiophene rings is 1. The van der Waals surface area contributed by atoms with Crippen molar-refractivity contribution in [2.45, 2.75) is 25.6 Å². The van der Waals surface area contributed by atoms with Gasteiger partial charge in [0, 0.05) is 22.5 Å². The summed E-state index contributed by atoms with van der Waals surface area (Å²) in [6, 6.07) is 12.5. The predicted molar refractivity (Wildman–Crippen MR) is 83.6 cm³/mol. The van der Waals surface area contributed by atoms with Gasteiger partial charge in [-0.2, -0.15) is 0 Å². The molecule has 0 aliphatic rings. The molecule has 2 aromatic rings. The molecule has 2 unspecified atom stereocenters. The fourth-order valence-corrected chi connectivity index (χ4v) is 3.58. The van der Waals surface area contributed by atoms with Crippen LogP contribution in [-0.2, 0) is 6.54 Å². The minimum absolute atomic E-state index is 0.0860. The van der Waals surface area contributed by atoms with Crippen molar-refractivity contribution in [1.82, 2.24) is 4.90 Å². The first-order valence-corrected chi connectivity index (χ1v) is 7.57. The van der Waals surface area contributed by atoms with Gasteiger partial charge in [0.2, 0.25) is 0 Å². The van der Waals surface area contributed by atoms with Gasteiger partial charge in [-0.05, 0) is 43.1 Å². The predicted octanol–water partition coefficient (Wildman–Crippen LogP) is 3.92. The zero-order valence-corrected chi connectivity index (χ0v) is 12.8. The van der Waals surface area contributed by atoms with Crippen LogP contribution in [0.1, 0.15) is 23.4 Å². The second-order valence-electron chi connectivity index (χ2n) is 4.86. The van der Waals surface area contributed by atoms with Gasteiger partial charge in [0.15, 0.2) is 0 Å². The number of halogens is 1. The normalized spacial score (nSPS) is 14.6. The maximum Gasteiger partial charge on any atom is 0.0591 e. The molecule has 0 amide bonds. The molecular weight excluding hydrogens is 276 g/mol. The zero-order chi connectivity index (χ0) is 13.8. The Balaban J connectivity index is 2.14. The Morgan fingerprint density at radius 3 is 2.68 bits per heavy atom. The second kappa shape index (κ2) is 6.53. The van der Waals surface area contributed by atoms with E-state index in [2.05, 4.69) is 42.5 Å². The average molecular weight is 295 g/mol. The maximum absolute atomic E-state index is 6.15. The lowest BCUT2D eigenvalue weighted by molar-refractivity contribution is 0.214. The quantitative estimate of drug-likeness (QED) is 0.905. The third kappa shape index (κ3) is 3.80. The van der Waals surface area contributed by atoms with Crippen LogP contribution in [0.2, 0.25) is 5.02 Å². The Bertz CT molecular complexity index is 511. The molecule has 2 N–H and O–H groups in total. The minimum Gasteiger partial charge on any atom is -0.326 e. The van der Waals surface area contributed by atoms with Gasteiger partial charge in [-0.1, -0.05) is 29.8 Å². The highest BCUT2D eigenvalue weighted by Crippen LogP contribution is 2.28. The first-order valence-electron chi connectivity index (χ1n) is 6.31. The molecule has 0 spiro atoms. The van der Waals surface area contributed by atoms with Gasteiger partial charge in [-0.3, -0.25) is 4.90 Å². The summed E-state index contributed by atoms with van der Waals surface area (Å²) in [7, 11) is 2.11. The van der Waals surface area contributed by atoms with E-state index in [4.69, 9.17) is 17.3 Å². The van der Waals surface area contributed by atoms with Crippen LogP contribution in [0.4, 0.5) is 0 Å². The van der Waals surface area contributed by atoms with E-state index in [0.717, 1.165) is 11.6 Å². The summed E-state index contributed by atoms with van der Waals surface area (Å²) in [5.74, 6) is 0. The van der Waals surface area contributed by atoms with Crippen LogP contribution < -0.4 is 5.73 Å². The van der Waals surface area contributed by atoms with Crippen LogP contribution in [0.25, 0.3) is 0 Å². The fraction of sp³-hybridized carbons (Fsp3) is 0.333. The van der Waals surface area contributed by atoms with Crippen molar-refractivity contribution >= 4 is 22.9 Å². The molecule has 0 bridgehead atoms. The first kappa shape index (κ1) is 14.5. The van der Waals surface area contributed by atoms with E-state index in [1.165, 1.54) is 10.4 Å². The minimum atomic E-state index is 0.0860. The highest BCUT2D eigenvalue weighted by molar-refractivity contribution is 7.10. The standard InChI is InChI=1S/C15H19ClN2S/c1-11(17)15(14-7-4-8-19-14)18(2)10-12-5-3-6-13(16)9-12/h3-9,11,15H,10,17H2,1-2H3. The van der Waals surface area contributed by atoms with Crippen molar-refractivity contribution in [2.75, 3.05) is 7.05 Å². The number of hydrogen-bond donors (Lipinski definition) is 1. The second-order valence-corrected chi connectivity index (χ2v) is 6.28. The van der Waals surface area contributed by atoms with Gasteiger partial charge in [0.25, 0.3) is 0 Å². The van der Waals surface area contributed by atoms with E-state index < -0.39 is 0 Å². The van der Waals surface area contributed by atoms with Crippen molar-refractivity contribution in [3.63, 3.8) is 0 Å². The van der Waals surface area contributed by atoms with Crippen molar-refractivity contribution in [3.8, 4) is 0 Å². The zero-order valence-electron chi connectivity index (χ0n) is 11.2. The van der Waals surface area contributed by atoms with Crippen LogP contribution in [0.3, 0.4) is 0 Å². The van der Waals surface area contributed by atoms with E-state index in [9.17, 15) is 0 Å². The summed E-state index contributed by atoms with van der Waals surface area (Å²) in [6.07, 6.45) is 0. The largest absolute Gasteiger partial charge is 0.326 e. The Morgan fingerprint density at radius 1 is 1.32 bits per heavy atom. The molecule has 1 heterocycles. The summed E-state index contributed by atoms with van der Waals surface area (Å²) in [6.45, 7) is 2.89. The number of benzene rings is 1. The van der Waals surface area contributed by atoms with Crippen LogP contribution in [-0.4, -0.2) is 18.0 Å². The number of likely N-dealkylation sites (N-methyl/N-ethyl adjacent to an activating group) is 1. The van der Waals surface area contributed by atoms with Crippen molar-refractivity contribution < 1.29 is 0 Å². The lowest BCUT2D eigenvalue weighted by Gasteiger charge is -2.30.